The van der Waals surface area contributed by atoms with Gasteiger partial charge in [-0.25, -0.2) is 4.98 Å². The number of methoxy groups -OCH3 is 2. The Hall–Kier alpha value is -3.28. The van der Waals surface area contributed by atoms with Gasteiger partial charge >= 0.3 is 0 Å². The summed E-state index contributed by atoms with van der Waals surface area (Å²) in [6.07, 6.45) is 2.58. The van der Waals surface area contributed by atoms with Crippen molar-refractivity contribution in [3.05, 3.63) is 71.9 Å². The molecule has 0 saturated heterocycles. The molecule has 6 heteroatoms. The van der Waals surface area contributed by atoms with E-state index >= 15 is 0 Å². The van der Waals surface area contributed by atoms with E-state index in [1.54, 1.807) is 20.4 Å². The number of benzene rings is 2. The van der Waals surface area contributed by atoms with Crippen LogP contribution in [0.1, 0.15) is 11.1 Å². The summed E-state index contributed by atoms with van der Waals surface area (Å²) < 4.78 is 10.6. The molecule has 0 radical (unpaired) electrons. The molecule has 0 aliphatic heterocycles. The van der Waals surface area contributed by atoms with Crippen LogP contribution in [0.2, 0.25) is 0 Å². The highest BCUT2D eigenvalue weighted by Gasteiger charge is 2.03. The van der Waals surface area contributed by atoms with Crippen LogP contribution in [-0.4, -0.2) is 30.7 Å². The molecule has 27 heavy (non-hydrogen) atoms. The van der Waals surface area contributed by atoms with Crippen LogP contribution in [-0.2, 0) is 13.0 Å². The van der Waals surface area contributed by atoms with E-state index in [0.29, 0.717) is 12.5 Å². The van der Waals surface area contributed by atoms with Gasteiger partial charge in [0.15, 0.2) is 0 Å². The average Bonchev–Trinajstić information content (AvgIpc) is 2.73. The second-order valence-corrected chi connectivity index (χ2v) is 5.96. The molecule has 3 rings (SSSR count). The number of para-hydroxylation sites is 1. The van der Waals surface area contributed by atoms with Crippen LogP contribution in [0, 0.1) is 0 Å². The van der Waals surface area contributed by atoms with Crippen molar-refractivity contribution in [2.75, 3.05) is 31.4 Å². The molecule has 1 heterocycles. The molecule has 0 amide bonds. The summed E-state index contributed by atoms with van der Waals surface area (Å²) in [6.45, 7) is 1.41. The predicted molar refractivity (Wildman–Crippen MR) is 108 cm³/mol. The Balaban J connectivity index is 1.52. The number of nitrogens with one attached hydrogen (secondary N) is 2. The van der Waals surface area contributed by atoms with Gasteiger partial charge in [0, 0.05) is 19.3 Å². The molecule has 0 spiro atoms. The zero-order chi connectivity index (χ0) is 18.9. The van der Waals surface area contributed by atoms with Gasteiger partial charge in [-0.05, 0) is 41.8 Å². The second-order valence-electron chi connectivity index (χ2n) is 5.96. The summed E-state index contributed by atoms with van der Waals surface area (Å²) in [5.74, 6) is 3.13. The highest BCUT2D eigenvalue weighted by atomic mass is 16.5. The van der Waals surface area contributed by atoms with Crippen LogP contribution >= 0.6 is 0 Å². The quantitative estimate of drug-likeness (QED) is 0.603. The van der Waals surface area contributed by atoms with Crippen LogP contribution < -0.4 is 20.1 Å². The Bertz CT molecular complexity index is 853. The van der Waals surface area contributed by atoms with E-state index < -0.39 is 0 Å². The molecule has 0 aliphatic carbocycles. The molecule has 2 aromatic carbocycles. The van der Waals surface area contributed by atoms with Crippen molar-refractivity contribution < 1.29 is 9.47 Å². The highest BCUT2D eigenvalue weighted by Crippen LogP contribution is 2.18. The van der Waals surface area contributed by atoms with Crippen molar-refractivity contribution in [2.45, 2.75) is 13.0 Å². The fourth-order valence-corrected chi connectivity index (χ4v) is 2.70. The van der Waals surface area contributed by atoms with Crippen molar-refractivity contribution in [2.24, 2.45) is 0 Å². The van der Waals surface area contributed by atoms with E-state index in [1.165, 1.54) is 0 Å². The third-order valence-electron chi connectivity index (χ3n) is 4.16. The number of rotatable bonds is 9. The molecular formula is C21H24N4O2. The Morgan fingerprint density at radius 2 is 1.70 bits per heavy atom. The molecule has 0 atom stereocenters. The monoisotopic (exact) mass is 364 g/mol. The lowest BCUT2D eigenvalue weighted by atomic mass is 10.1. The zero-order valence-electron chi connectivity index (χ0n) is 15.6. The van der Waals surface area contributed by atoms with Gasteiger partial charge in [-0.1, -0.05) is 30.3 Å². The number of hydrogen-bond donors (Lipinski definition) is 2. The predicted octanol–water partition coefficient (Wildman–Crippen LogP) is 3.76. The second kappa shape index (κ2) is 9.43. The van der Waals surface area contributed by atoms with Crippen LogP contribution in [0.5, 0.6) is 11.5 Å². The summed E-state index contributed by atoms with van der Waals surface area (Å²) in [7, 11) is 3.35. The first-order chi connectivity index (χ1) is 13.3. The van der Waals surface area contributed by atoms with Crippen molar-refractivity contribution >= 4 is 11.8 Å². The van der Waals surface area contributed by atoms with Gasteiger partial charge in [-0.15, -0.1) is 0 Å². The third-order valence-corrected chi connectivity index (χ3v) is 4.16. The molecule has 0 bridgehead atoms. The smallest absolute Gasteiger partial charge is 0.224 e. The fraction of sp³-hybridized carbons (Fsp3) is 0.238. The van der Waals surface area contributed by atoms with Gasteiger partial charge in [0.05, 0.1) is 14.2 Å². The first-order valence-corrected chi connectivity index (χ1v) is 8.84. The van der Waals surface area contributed by atoms with E-state index in [9.17, 15) is 0 Å². The summed E-state index contributed by atoms with van der Waals surface area (Å²) in [6, 6.07) is 17.8. The fourth-order valence-electron chi connectivity index (χ4n) is 2.70. The summed E-state index contributed by atoms with van der Waals surface area (Å²) in [5, 5.41) is 6.58. The molecule has 0 unspecified atom stereocenters. The summed E-state index contributed by atoms with van der Waals surface area (Å²) in [5.41, 5.74) is 2.31. The lowest BCUT2D eigenvalue weighted by Crippen LogP contribution is -2.10. The maximum absolute atomic E-state index is 5.38. The van der Waals surface area contributed by atoms with Crippen LogP contribution in [0.3, 0.4) is 0 Å². The molecule has 2 N–H and O–H groups in total. The molecule has 1 aromatic heterocycles. The zero-order valence-corrected chi connectivity index (χ0v) is 15.6. The molecule has 140 valence electrons. The molecule has 6 nitrogen and oxygen atoms in total. The maximum atomic E-state index is 5.38. The number of ether oxygens (including phenoxy) is 2. The summed E-state index contributed by atoms with van der Waals surface area (Å²) in [4.78, 5) is 8.79. The Labute approximate surface area is 159 Å². The minimum absolute atomic E-state index is 0.602. The summed E-state index contributed by atoms with van der Waals surface area (Å²) >= 11 is 0. The lowest BCUT2D eigenvalue weighted by molar-refractivity contribution is 0.410. The van der Waals surface area contributed by atoms with Gasteiger partial charge < -0.3 is 20.1 Å². The van der Waals surface area contributed by atoms with Crippen molar-refractivity contribution in [3.8, 4) is 11.5 Å². The van der Waals surface area contributed by atoms with Crippen LogP contribution in [0.15, 0.2) is 60.8 Å². The minimum Gasteiger partial charge on any atom is -0.497 e. The maximum Gasteiger partial charge on any atom is 0.224 e. The van der Waals surface area contributed by atoms with E-state index in [1.807, 2.05) is 48.5 Å². The van der Waals surface area contributed by atoms with Gasteiger partial charge in [-0.2, -0.15) is 4.98 Å². The van der Waals surface area contributed by atoms with Crippen molar-refractivity contribution in [3.63, 3.8) is 0 Å². The first-order valence-electron chi connectivity index (χ1n) is 8.84. The van der Waals surface area contributed by atoms with Gasteiger partial charge in [-0.3, -0.25) is 0 Å². The lowest BCUT2D eigenvalue weighted by Gasteiger charge is -2.10. The number of nitrogens with zero attached hydrogens (tertiary/aromatic N) is 2. The molecule has 0 fully saturated rings. The first kappa shape index (κ1) is 18.5. The van der Waals surface area contributed by atoms with Gasteiger partial charge in [0.25, 0.3) is 0 Å². The largest absolute Gasteiger partial charge is 0.497 e. The SMILES string of the molecule is COc1ccc(CNc2ccnc(NCCc3ccccc3OC)n2)cc1. The Morgan fingerprint density at radius 3 is 2.48 bits per heavy atom. The topological polar surface area (TPSA) is 68.3 Å². The molecule has 3 aromatic rings. The van der Waals surface area contributed by atoms with Gasteiger partial charge in [0.2, 0.25) is 5.95 Å². The Kier molecular flexibility index (Phi) is 6.46. The van der Waals surface area contributed by atoms with Crippen LogP contribution in [0.4, 0.5) is 11.8 Å². The Morgan fingerprint density at radius 1 is 0.889 bits per heavy atom. The number of hydrogen-bond acceptors (Lipinski definition) is 6. The standard InChI is InChI=1S/C21H24N4O2/c1-26-18-9-7-16(8-10-18)15-24-20-12-14-23-21(25-20)22-13-11-17-5-3-4-6-19(17)27-2/h3-10,12,14H,11,13,15H2,1-2H3,(H2,22,23,24,25). The third kappa shape index (κ3) is 5.34. The average molecular weight is 364 g/mol. The molecule has 0 aliphatic rings. The highest BCUT2D eigenvalue weighted by molar-refractivity contribution is 5.41. The van der Waals surface area contributed by atoms with Crippen molar-refractivity contribution in [1.82, 2.24) is 9.97 Å². The number of aromatic nitrogens is 2. The molecule has 0 saturated carbocycles. The van der Waals surface area contributed by atoms with E-state index in [-0.39, 0.29) is 0 Å². The van der Waals surface area contributed by atoms with E-state index in [0.717, 1.165) is 41.4 Å². The van der Waals surface area contributed by atoms with Crippen molar-refractivity contribution in [1.29, 1.82) is 0 Å². The van der Waals surface area contributed by atoms with Crippen LogP contribution in [0.25, 0.3) is 0 Å². The molecular weight excluding hydrogens is 340 g/mol. The normalized spacial score (nSPS) is 10.3. The van der Waals surface area contributed by atoms with E-state index in [4.69, 9.17) is 9.47 Å². The van der Waals surface area contributed by atoms with Gasteiger partial charge in [0.1, 0.15) is 17.3 Å². The number of anilines is 2. The minimum atomic E-state index is 0.602. The van der Waals surface area contributed by atoms with E-state index in [2.05, 4.69) is 26.7 Å².